The second kappa shape index (κ2) is 5.17. The minimum Gasteiger partial charge on any atom is -0.0874 e. The van der Waals surface area contributed by atoms with Crippen LogP contribution in [-0.4, -0.2) is 7.28 Å². The predicted octanol–water partition coefficient (Wildman–Crippen LogP) is 2.98. The summed E-state index contributed by atoms with van der Waals surface area (Å²) in [4.78, 5) is 0. The van der Waals surface area contributed by atoms with Crippen LogP contribution in [0.1, 0.15) is 5.56 Å². The van der Waals surface area contributed by atoms with Gasteiger partial charge in [-0.1, -0.05) is 69.4 Å². The summed E-state index contributed by atoms with van der Waals surface area (Å²) < 4.78 is 1.13. The molecule has 0 saturated carbocycles. The summed E-state index contributed by atoms with van der Waals surface area (Å²) in [5.74, 6) is 0. The molecule has 0 amide bonds. The van der Waals surface area contributed by atoms with Gasteiger partial charge in [0.1, 0.15) is 0 Å². The number of halogens is 1. The zero-order valence-corrected chi connectivity index (χ0v) is 9.94. The van der Waals surface area contributed by atoms with E-state index in [9.17, 15) is 0 Å². The Morgan fingerprint density at radius 2 is 1.53 bits per heavy atom. The lowest BCUT2D eigenvalue weighted by atomic mass is 9.65. The Labute approximate surface area is 99.7 Å². The van der Waals surface area contributed by atoms with Crippen molar-refractivity contribution in [2.45, 2.75) is 6.32 Å². The van der Waals surface area contributed by atoms with E-state index in [-0.39, 0.29) is 0 Å². The molecule has 0 bridgehead atoms. The van der Waals surface area contributed by atoms with Crippen LogP contribution in [0, 0.1) is 0 Å². The van der Waals surface area contributed by atoms with E-state index < -0.39 is 0 Å². The molecule has 0 unspecified atom stereocenters. The lowest BCUT2D eigenvalue weighted by Gasteiger charge is -2.00. The van der Waals surface area contributed by atoms with Gasteiger partial charge >= 0.3 is 0 Å². The zero-order chi connectivity index (χ0) is 10.5. The molecular formula is C13H11BBr. The van der Waals surface area contributed by atoms with Crippen LogP contribution in [0.2, 0.25) is 0 Å². The first-order chi connectivity index (χ1) is 7.34. The minimum atomic E-state index is 0.983. The van der Waals surface area contributed by atoms with Crippen LogP contribution in [0.4, 0.5) is 0 Å². The fourth-order valence-corrected chi connectivity index (χ4v) is 1.71. The average molecular weight is 258 g/mol. The highest BCUT2D eigenvalue weighted by molar-refractivity contribution is 9.10. The van der Waals surface area contributed by atoms with Crippen LogP contribution in [0.5, 0.6) is 0 Å². The molecule has 1 radical (unpaired) electrons. The molecule has 0 atom stereocenters. The maximum Gasteiger partial charge on any atom is 0.156 e. The Bertz CT molecular complexity index is 408. The van der Waals surface area contributed by atoms with Gasteiger partial charge in [0, 0.05) is 4.47 Å². The summed E-state index contributed by atoms with van der Waals surface area (Å²) in [6, 6.07) is 18.9. The van der Waals surface area contributed by atoms with E-state index in [0.717, 1.165) is 10.8 Å². The van der Waals surface area contributed by atoms with Gasteiger partial charge < -0.3 is 0 Å². The highest BCUT2D eigenvalue weighted by Crippen LogP contribution is 2.10. The average Bonchev–Trinajstić information content (AvgIpc) is 2.30. The molecule has 0 nitrogen and oxygen atoms in total. The fourth-order valence-electron chi connectivity index (χ4n) is 1.45. The zero-order valence-electron chi connectivity index (χ0n) is 8.36. The lowest BCUT2D eigenvalue weighted by Crippen LogP contribution is -2.15. The van der Waals surface area contributed by atoms with Crippen molar-refractivity contribution in [3.63, 3.8) is 0 Å². The number of hydrogen-bond acceptors (Lipinski definition) is 0. The van der Waals surface area contributed by atoms with E-state index in [1.807, 2.05) is 6.07 Å². The Hall–Kier alpha value is -1.02. The maximum absolute atomic E-state index is 3.43. The summed E-state index contributed by atoms with van der Waals surface area (Å²) in [5.41, 5.74) is 2.61. The second-order valence-corrected chi connectivity index (χ2v) is 4.36. The van der Waals surface area contributed by atoms with Gasteiger partial charge in [0.05, 0.1) is 0 Å². The molecule has 2 rings (SSSR count). The largest absolute Gasteiger partial charge is 0.156 e. The molecule has 0 spiro atoms. The van der Waals surface area contributed by atoms with Crippen molar-refractivity contribution in [1.82, 2.24) is 0 Å². The van der Waals surface area contributed by atoms with Crippen LogP contribution in [0.3, 0.4) is 0 Å². The predicted molar refractivity (Wildman–Crippen MR) is 69.7 cm³/mol. The monoisotopic (exact) mass is 257 g/mol. The first kappa shape index (κ1) is 10.5. The standard InChI is InChI=1S/C13H11BBr/c15-13-8-6-11(7-9-13)10-14-12-4-2-1-3-5-12/h1-9H,10H2. The van der Waals surface area contributed by atoms with Crippen LogP contribution < -0.4 is 5.46 Å². The summed E-state index contributed by atoms with van der Waals surface area (Å²) in [6.45, 7) is 0. The van der Waals surface area contributed by atoms with Crippen molar-refractivity contribution in [3.8, 4) is 0 Å². The second-order valence-electron chi connectivity index (χ2n) is 3.45. The Kier molecular flexibility index (Phi) is 3.62. The first-order valence-corrected chi connectivity index (χ1v) is 5.76. The maximum atomic E-state index is 3.43. The van der Waals surface area contributed by atoms with Crippen LogP contribution in [0.25, 0.3) is 0 Å². The van der Waals surface area contributed by atoms with E-state index in [0.29, 0.717) is 0 Å². The molecule has 2 aromatic rings. The molecule has 0 aliphatic heterocycles. The van der Waals surface area contributed by atoms with Gasteiger partial charge in [-0.3, -0.25) is 0 Å². The third-order valence-electron chi connectivity index (χ3n) is 2.29. The molecule has 0 fully saturated rings. The van der Waals surface area contributed by atoms with E-state index in [2.05, 4.69) is 71.7 Å². The van der Waals surface area contributed by atoms with Crippen LogP contribution in [0.15, 0.2) is 59.1 Å². The Morgan fingerprint density at radius 3 is 2.20 bits per heavy atom. The molecule has 0 aliphatic rings. The molecule has 73 valence electrons. The van der Waals surface area contributed by atoms with Gasteiger partial charge in [0.2, 0.25) is 0 Å². The molecule has 0 N–H and O–H groups in total. The summed E-state index contributed by atoms with van der Waals surface area (Å²) in [7, 11) is 2.24. The molecular weight excluding hydrogens is 247 g/mol. The first-order valence-electron chi connectivity index (χ1n) is 4.97. The smallest absolute Gasteiger partial charge is 0.0874 e. The quantitative estimate of drug-likeness (QED) is 0.742. The topological polar surface area (TPSA) is 0 Å². The van der Waals surface area contributed by atoms with Gasteiger partial charge in [-0.25, -0.2) is 0 Å². The van der Waals surface area contributed by atoms with Crippen molar-refractivity contribution < 1.29 is 0 Å². The third kappa shape index (κ3) is 3.24. The van der Waals surface area contributed by atoms with Gasteiger partial charge in [0.15, 0.2) is 7.28 Å². The van der Waals surface area contributed by atoms with Crippen molar-refractivity contribution in [3.05, 3.63) is 64.6 Å². The molecule has 0 saturated heterocycles. The van der Waals surface area contributed by atoms with Crippen molar-refractivity contribution in [1.29, 1.82) is 0 Å². The van der Waals surface area contributed by atoms with E-state index in [1.165, 1.54) is 11.0 Å². The van der Waals surface area contributed by atoms with Gasteiger partial charge in [-0.2, -0.15) is 0 Å². The Morgan fingerprint density at radius 1 is 0.867 bits per heavy atom. The number of rotatable bonds is 3. The normalized spacial score (nSPS) is 9.93. The van der Waals surface area contributed by atoms with E-state index in [1.54, 1.807) is 0 Å². The highest BCUT2D eigenvalue weighted by Gasteiger charge is 1.96. The van der Waals surface area contributed by atoms with Crippen molar-refractivity contribution >= 4 is 28.7 Å². The highest BCUT2D eigenvalue weighted by atomic mass is 79.9. The van der Waals surface area contributed by atoms with Crippen LogP contribution >= 0.6 is 15.9 Å². The van der Waals surface area contributed by atoms with E-state index in [4.69, 9.17) is 0 Å². The molecule has 0 heterocycles. The third-order valence-corrected chi connectivity index (χ3v) is 2.81. The van der Waals surface area contributed by atoms with Gasteiger partial charge in [-0.15, -0.1) is 0 Å². The minimum absolute atomic E-state index is 0.983. The molecule has 2 aromatic carbocycles. The summed E-state index contributed by atoms with van der Waals surface area (Å²) in [6.07, 6.45) is 0.983. The van der Waals surface area contributed by atoms with Gasteiger partial charge in [-0.05, 0) is 18.5 Å². The SMILES string of the molecule is Brc1ccc(C[B]c2ccccc2)cc1. The molecule has 0 aliphatic carbocycles. The van der Waals surface area contributed by atoms with E-state index >= 15 is 0 Å². The summed E-state index contributed by atoms with van der Waals surface area (Å²) in [5, 5.41) is 0. The molecule has 2 heteroatoms. The summed E-state index contributed by atoms with van der Waals surface area (Å²) >= 11 is 3.43. The number of hydrogen-bond donors (Lipinski definition) is 0. The fraction of sp³-hybridized carbons (Fsp3) is 0.0769. The van der Waals surface area contributed by atoms with Crippen LogP contribution in [-0.2, 0) is 6.32 Å². The Balaban J connectivity index is 1.96. The number of benzene rings is 2. The molecule has 0 aromatic heterocycles. The van der Waals surface area contributed by atoms with Crippen molar-refractivity contribution in [2.75, 3.05) is 0 Å². The van der Waals surface area contributed by atoms with Crippen molar-refractivity contribution in [2.24, 2.45) is 0 Å². The molecule has 15 heavy (non-hydrogen) atoms. The van der Waals surface area contributed by atoms with Gasteiger partial charge in [0.25, 0.3) is 0 Å². The lowest BCUT2D eigenvalue weighted by molar-refractivity contribution is 1.38.